The fraction of sp³-hybridized carbons (Fsp3) is 0.538. The molecule has 1 atom stereocenters. The van der Waals surface area contributed by atoms with Crippen LogP contribution in [0.15, 0.2) is 24.3 Å². The fourth-order valence-electron chi connectivity index (χ4n) is 1.53. The molecule has 0 amide bonds. The van der Waals surface area contributed by atoms with Crippen LogP contribution in [0.25, 0.3) is 0 Å². The molecule has 1 rings (SSSR count). The summed E-state index contributed by atoms with van der Waals surface area (Å²) in [5, 5.41) is 3.25. The van der Waals surface area contributed by atoms with E-state index in [0.717, 1.165) is 24.3 Å². The maximum Gasteiger partial charge on any atom is 0.119 e. The average Bonchev–Trinajstić information content (AvgIpc) is 2.35. The smallest absolute Gasteiger partial charge is 0.119 e. The molecule has 0 saturated carbocycles. The topological polar surface area (TPSA) is 30.5 Å². The second-order valence-electron chi connectivity index (χ2n) is 3.76. The molecule has 16 heavy (non-hydrogen) atoms. The minimum absolute atomic E-state index is 0.423. The Morgan fingerprint density at radius 1 is 1.19 bits per heavy atom. The first kappa shape index (κ1) is 12.8. The van der Waals surface area contributed by atoms with Gasteiger partial charge >= 0.3 is 0 Å². The first-order valence-electron chi connectivity index (χ1n) is 5.74. The van der Waals surface area contributed by atoms with Crippen LogP contribution in [0.4, 0.5) is 0 Å². The summed E-state index contributed by atoms with van der Waals surface area (Å²) in [7, 11) is 3.63. The largest absolute Gasteiger partial charge is 0.497 e. The Bertz CT molecular complexity index is 284. The zero-order valence-electron chi connectivity index (χ0n) is 10.3. The van der Waals surface area contributed by atoms with Gasteiger partial charge in [0.2, 0.25) is 0 Å². The van der Waals surface area contributed by atoms with E-state index in [2.05, 4.69) is 12.2 Å². The molecule has 1 N–H and O–H groups in total. The highest BCUT2D eigenvalue weighted by Gasteiger charge is 2.05. The minimum Gasteiger partial charge on any atom is -0.497 e. The number of nitrogens with one attached hydrogen (secondary N) is 1. The summed E-state index contributed by atoms with van der Waals surface area (Å²) in [5.41, 5.74) is 0. The highest BCUT2D eigenvalue weighted by molar-refractivity contribution is 5.31. The Hall–Kier alpha value is -1.22. The Balaban J connectivity index is 2.40. The first-order chi connectivity index (χ1) is 7.80. The van der Waals surface area contributed by atoms with E-state index >= 15 is 0 Å². The van der Waals surface area contributed by atoms with Gasteiger partial charge in [0.15, 0.2) is 0 Å². The lowest BCUT2D eigenvalue weighted by atomic mass is 10.2. The van der Waals surface area contributed by atoms with Gasteiger partial charge in [-0.05, 0) is 37.7 Å². The van der Waals surface area contributed by atoms with Gasteiger partial charge in [-0.25, -0.2) is 0 Å². The van der Waals surface area contributed by atoms with Gasteiger partial charge in [-0.2, -0.15) is 0 Å². The van der Waals surface area contributed by atoms with Gasteiger partial charge in [0, 0.05) is 6.04 Å². The average molecular weight is 223 g/mol. The molecule has 0 heterocycles. The summed E-state index contributed by atoms with van der Waals surface area (Å²) in [5.74, 6) is 1.74. The van der Waals surface area contributed by atoms with Gasteiger partial charge in [0.05, 0.1) is 7.11 Å². The van der Waals surface area contributed by atoms with Crippen molar-refractivity contribution in [3.05, 3.63) is 24.3 Å². The molecule has 3 heteroatoms. The van der Waals surface area contributed by atoms with Crippen LogP contribution >= 0.6 is 0 Å². The van der Waals surface area contributed by atoms with Crippen molar-refractivity contribution >= 4 is 0 Å². The van der Waals surface area contributed by atoms with E-state index in [1.165, 1.54) is 0 Å². The summed E-state index contributed by atoms with van der Waals surface area (Å²) < 4.78 is 10.8. The number of rotatable bonds is 7. The molecule has 1 unspecified atom stereocenters. The molecule has 0 radical (unpaired) electrons. The van der Waals surface area contributed by atoms with Crippen LogP contribution in [-0.2, 0) is 0 Å². The van der Waals surface area contributed by atoms with Crippen LogP contribution in [0.3, 0.4) is 0 Å². The molecule has 0 aliphatic heterocycles. The SMILES string of the molecule is CCCC(COc1ccc(OC)cc1)NC. The third-order valence-electron chi connectivity index (χ3n) is 2.56. The molecule has 1 aromatic rings. The van der Waals surface area contributed by atoms with Crippen molar-refractivity contribution in [2.24, 2.45) is 0 Å². The first-order valence-corrected chi connectivity index (χ1v) is 5.74. The van der Waals surface area contributed by atoms with Crippen molar-refractivity contribution in [2.45, 2.75) is 25.8 Å². The number of likely N-dealkylation sites (N-methyl/N-ethyl adjacent to an activating group) is 1. The van der Waals surface area contributed by atoms with E-state index in [1.807, 2.05) is 31.3 Å². The van der Waals surface area contributed by atoms with Crippen molar-refractivity contribution in [1.82, 2.24) is 5.32 Å². The monoisotopic (exact) mass is 223 g/mol. The molecule has 3 nitrogen and oxygen atoms in total. The number of hydrogen-bond acceptors (Lipinski definition) is 3. The van der Waals surface area contributed by atoms with Gasteiger partial charge < -0.3 is 14.8 Å². The summed E-state index contributed by atoms with van der Waals surface area (Å²) in [6.07, 6.45) is 2.30. The lowest BCUT2D eigenvalue weighted by Crippen LogP contribution is -2.31. The van der Waals surface area contributed by atoms with E-state index in [1.54, 1.807) is 7.11 Å². The number of benzene rings is 1. The Labute approximate surface area is 97.8 Å². The standard InChI is InChI=1S/C13H21NO2/c1-4-5-11(14-2)10-16-13-8-6-12(15-3)7-9-13/h6-9,11,14H,4-5,10H2,1-3H3. The zero-order chi connectivity index (χ0) is 11.8. The number of hydrogen-bond donors (Lipinski definition) is 1. The molecular weight excluding hydrogens is 202 g/mol. The summed E-state index contributed by atoms with van der Waals surface area (Å²) in [4.78, 5) is 0. The molecule has 0 aromatic heterocycles. The molecular formula is C13H21NO2. The Morgan fingerprint density at radius 2 is 1.81 bits per heavy atom. The summed E-state index contributed by atoms with van der Waals surface area (Å²) in [6, 6.07) is 8.09. The van der Waals surface area contributed by atoms with Gasteiger partial charge in [0.25, 0.3) is 0 Å². The maximum atomic E-state index is 5.69. The van der Waals surface area contributed by atoms with Crippen LogP contribution in [-0.4, -0.2) is 26.8 Å². The van der Waals surface area contributed by atoms with Crippen molar-refractivity contribution in [2.75, 3.05) is 20.8 Å². The van der Waals surface area contributed by atoms with Crippen LogP contribution < -0.4 is 14.8 Å². The Morgan fingerprint density at radius 3 is 2.31 bits per heavy atom. The third-order valence-corrected chi connectivity index (χ3v) is 2.56. The van der Waals surface area contributed by atoms with Gasteiger partial charge in [-0.3, -0.25) is 0 Å². The van der Waals surface area contributed by atoms with Gasteiger partial charge in [-0.15, -0.1) is 0 Å². The third kappa shape index (κ3) is 4.11. The highest BCUT2D eigenvalue weighted by Crippen LogP contribution is 2.17. The summed E-state index contributed by atoms with van der Waals surface area (Å²) >= 11 is 0. The lowest BCUT2D eigenvalue weighted by molar-refractivity contribution is 0.262. The molecule has 90 valence electrons. The van der Waals surface area contributed by atoms with Crippen molar-refractivity contribution in [3.63, 3.8) is 0 Å². The van der Waals surface area contributed by atoms with E-state index in [-0.39, 0.29) is 0 Å². The molecule has 0 bridgehead atoms. The zero-order valence-corrected chi connectivity index (χ0v) is 10.3. The van der Waals surface area contributed by atoms with Crippen LogP contribution in [0.2, 0.25) is 0 Å². The van der Waals surface area contributed by atoms with E-state index in [4.69, 9.17) is 9.47 Å². The maximum absolute atomic E-state index is 5.69. The van der Waals surface area contributed by atoms with Gasteiger partial charge in [-0.1, -0.05) is 13.3 Å². The molecule has 0 aliphatic carbocycles. The van der Waals surface area contributed by atoms with Crippen molar-refractivity contribution in [3.8, 4) is 11.5 Å². The van der Waals surface area contributed by atoms with Gasteiger partial charge in [0.1, 0.15) is 18.1 Å². The minimum atomic E-state index is 0.423. The summed E-state index contributed by atoms with van der Waals surface area (Å²) in [6.45, 7) is 2.88. The van der Waals surface area contributed by atoms with E-state index in [0.29, 0.717) is 12.6 Å². The fourth-order valence-corrected chi connectivity index (χ4v) is 1.53. The molecule has 0 aliphatic rings. The molecule has 0 saturated heterocycles. The quantitative estimate of drug-likeness (QED) is 0.770. The normalized spacial score (nSPS) is 12.2. The van der Waals surface area contributed by atoms with E-state index in [9.17, 15) is 0 Å². The molecule has 1 aromatic carbocycles. The van der Waals surface area contributed by atoms with Crippen LogP contribution in [0.1, 0.15) is 19.8 Å². The van der Waals surface area contributed by atoms with Crippen molar-refractivity contribution in [1.29, 1.82) is 0 Å². The lowest BCUT2D eigenvalue weighted by Gasteiger charge is -2.16. The highest BCUT2D eigenvalue weighted by atomic mass is 16.5. The number of ether oxygens (including phenoxy) is 2. The second-order valence-corrected chi connectivity index (χ2v) is 3.76. The second kappa shape index (κ2) is 7.12. The predicted molar refractivity (Wildman–Crippen MR) is 66.2 cm³/mol. The molecule has 0 spiro atoms. The predicted octanol–water partition coefficient (Wildman–Crippen LogP) is 2.46. The van der Waals surface area contributed by atoms with E-state index < -0.39 is 0 Å². The number of methoxy groups -OCH3 is 1. The Kier molecular flexibility index (Phi) is 5.72. The van der Waals surface area contributed by atoms with Crippen LogP contribution in [0.5, 0.6) is 11.5 Å². The van der Waals surface area contributed by atoms with Crippen LogP contribution in [0, 0.1) is 0 Å². The molecule has 0 fully saturated rings. The van der Waals surface area contributed by atoms with Crippen molar-refractivity contribution < 1.29 is 9.47 Å².